The van der Waals surface area contributed by atoms with E-state index in [0.717, 1.165) is 23.7 Å². The van der Waals surface area contributed by atoms with Crippen LogP contribution in [0.1, 0.15) is 30.4 Å². The molecular formula is C14H17BrN2O. The lowest BCUT2D eigenvalue weighted by atomic mass is 10.1. The molecule has 0 saturated carbocycles. The minimum atomic E-state index is 0.167. The average molecular weight is 309 g/mol. The topological polar surface area (TPSA) is 44.1 Å². The second kappa shape index (κ2) is 7.88. The van der Waals surface area contributed by atoms with Gasteiger partial charge in [0.05, 0.1) is 11.6 Å². The number of amides is 1. The van der Waals surface area contributed by atoms with Gasteiger partial charge in [0, 0.05) is 25.3 Å². The number of hydrogen-bond acceptors (Lipinski definition) is 2. The fourth-order valence-corrected chi connectivity index (χ4v) is 2.00. The van der Waals surface area contributed by atoms with Gasteiger partial charge >= 0.3 is 0 Å². The molecule has 0 spiro atoms. The largest absolute Gasteiger partial charge is 0.341 e. The smallest absolute Gasteiger partial charge is 0.222 e. The Morgan fingerprint density at radius 1 is 1.33 bits per heavy atom. The first-order valence-electron chi connectivity index (χ1n) is 5.96. The summed E-state index contributed by atoms with van der Waals surface area (Å²) in [6.07, 6.45) is 2.54. The Labute approximate surface area is 117 Å². The van der Waals surface area contributed by atoms with Crippen LogP contribution < -0.4 is 0 Å². The van der Waals surface area contributed by atoms with Crippen LogP contribution in [0.4, 0.5) is 0 Å². The zero-order chi connectivity index (χ0) is 13.4. The first kappa shape index (κ1) is 14.7. The van der Waals surface area contributed by atoms with Gasteiger partial charge in [0.2, 0.25) is 5.91 Å². The summed E-state index contributed by atoms with van der Waals surface area (Å²) in [5.41, 5.74) is 1.69. The monoisotopic (exact) mass is 308 g/mol. The van der Waals surface area contributed by atoms with Gasteiger partial charge in [-0.25, -0.2) is 0 Å². The fraction of sp³-hybridized carbons (Fsp3) is 0.429. The molecule has 0 fully saturated rings. The van der Waals surface area contributed by atoms with Crippen molar-refractivity contribution in [3.8, 4) is 6.07 Å². The Bertz CT molecular complexity index is 422. The van der Waals surface area contributed by atoms with Crippen molar-refractivity contribution in [2.24, 2.45) is 0 Å². The standard InChI is InChI=1S/C14H17BrN2O/c1-17(14(18)4-2-3-9-15)11-13-7-5-12(10-16)6-8-13/h5-8H,2-4,9,11H2,1H3. The average Bonchev–Trinajstić information content (AvgIpc) is 2.39. The number of benzene rings is 1. The highest BCUT2D eigenvalue weighted by atomic mass is 79.9. The van der Waals surface area contributed by atoms with Crippen LogP contribution in [0.25, 0.3) is 0 Å². The summed E-state index contributed by atoms with van der Waals surface area (Å²) in [5, 5.41) is 9.64. The Hall–Kier alpha value is -1.34. The zero-order valence-corrected chi connectivity index (χ0v) is 12.1. The van der Waals surface area contributed by atoms with Crippen LogP contribution in [-0.4, -0.2) is 23.2 Å². The van der Waals surface area contributed by atoms with Crippen molar-refractivity contribution in [3.05, 3.63) is 35.4 Å². The van der Waals surface area contributed by atoms with Gasteiger partial charge in [-0.05, 0) is 30.5 Å². The highest BCUT2D eigenvalue weighted by molar-refractivity contribution is 9.09. The van der Waals surface area contributed by atoms with Crippen LogP contribution in [0.2, 0.25) is 0 Å². The lowest BCUT2D eigenvalue weighted by molar-refractivity contribution is -0.130. The van der Waals surface area contributed by atoms with Crippen molar-refractivity contribution in [2.75, 3.05) is 12.4 Å². The molecule has 0 saturated heterocycles. The van der Waals surface area contributed by atoms with Crippen molar-refractivity contribution in [3.63, 3.8) is 0 Å². The van der Waals surface area contributed by atoms with Crippen LogP contribution in [0.5, 0.6) is 0 Å². The molecule has 0 unspecified atom stereocenters. The Kier molecular flexibility index (Phi) is 6.45. The zero-order valence-electron chi connectivity index (χ0n) is 10.5. The molecule has 1 rings (SSSR count). The number of halogens is 1. The Morgan fingerprint density at radius 3 is 2.56 bits per heavy atom. The molecule has 4 heteroatoms. The van der Waals surface area contributed by atoms with Gasteiger partial charge in [-0.1, -0.05) is 28.1 Å². The van der Waals surface area contributed by atoms with E-state index in [9.17, 15) is 4.79 Å². The van der Waals surface area contributed by atoms with Crippen LogP contribution in [0.15, 0.2) is 24.3 Å². The van der Waals surface area contributed by atoms with Crippen LogP contribution >= 0.6 is 15.9 Å². The number of nitriles is 1. The summed E-state index contributed by atoms with van der Waals surface area (Å²) in [4.78, 5) is 13.5. The van der Waals surface area contributed by atoms with Gasteiger partial charge in [-0.2, -0.15) is 5.26 Å². The summed E-state index contributed by atoms with van der Waals surface area (Å²) in [6.45, 7) is 0.596. The minimum Gasteiger partial charge on any atom is -0.341 e. The Balaban J connectivity index is 2.45. The van der Waals surface area contributed by atoms with Gasteiger partial charge in [-0.3, -0.25) is 4.79 Å². The van der Waals surface area contributed by atoms with E-state index in [1.165, 1.54) is 0 Å². The molecule has 0 N–H and O–H groups in total. The summed E-state index contributed by atoms with van der Waals surface area (Å²) < 4.78 is 0. The third-order valence-corrected chi connectivity index (χ3v) is 3.26. The molecule has 0 aliphatic heterocycles. The number of rotatable bonds is 6. The highest BCUT2D eigenvalue weighted by Gasteiger charge is 2.08. The number of hydrogen-bond donors (Lipinski definition) is 0. The van der Waals surface area contributed by atoms with Gasteiger partial charge in [0.15, 0.2) is 0 Å². The molecule has 18 heavy (non-hydrogen) atoms. The molecule has 3 nitrogen and oxygen atoms in total. The second-order valence-corrected chi connectivity index (χ2v) is 5.00. The summed E-state index contributed by atoms with van der Waals surface area (Å²) in [6, 6.07) is 9.41. The van der Waals surface area contributed by atoms with Crippen LogP contribution in [-0.2, 0) is 11.3 Å². The maximum atomic E-state index is 11.8. The molecule has 96 valence electrons. The fourth-order valence-electron chi connectivity index (χ4n) is 1.61. The first-order chi connectivity index (χ1) is 8.67. The quantitative estimate of drug-likeness (QED) is 0.599. The van der Waals surface area contributed by atoms with Gasteiger partial charge in [0.25, 0.3) is 0 Å². The third-order valence-electron chi connectivity index (χ3n) is 2.70. The van der Waals surface area contributed by atoms with E-state index in [4.69, 9.17) is 5.26 Å². The third kappa shape index (κ3) is 4.89. The normalized spacial score (nSPS) is 9.83. The molecule has 0 aliphatic rings. The molecule has 1 amide bonds. The minimum absolute atomic E-state index is 0.167. The predicted octanol–water partition coefficient (Wildman–Crippen LogP) is 3.08. The predicted molar refractivity (Wildman–Crippen MR) is 75.3 cm³/mol. The molecule has 1 aromatic rings. The lowest BCUT2D eigenvalue weighted by Crippen LogP contribution is -2.25. The van der Waals surface area contributed by atoms with E-state index in [-0.39, 0.29) is 5.91 Å². The molecule has 0 aromatic heterocycles. The summed E-state index contributed by atoms with van der Waals surface area (Å²) >= 11 is 3.35. The number of nitrogens with zero attached hydrogens (tertiary/aromatic N) is 2. The van der Waals surface area contributed by atoms with Gasteiger partial charge < -0.3 is 4.90 Å². The SMILES string of the molecule is CN(Cc1ccc(C#N)cc1)C(=O)CCCCBr. The maximum absolute atomic E-state index is 11.8. The number of unbranched alkanes of at least 4 members (excludes halogenated alkanes) is 1. The van der Waals surface area contributed by atoms with Crippen molar-refractivity contribution in [1.82, 2.24) is 4.90 Å². The van der Waals surface area contributed by atoms with E-state index in [1.54, 1.807) is 17.0 Å². The second-order valence-electron chi connectivity index (χ2n) is 4.20. The van der Waals surface area contributed by atoms with E-state index >= 15 is 0 Å². The molecule has 0 bridgehead atoms. The highest BCUT2D eigenvalue weighted by Crippen LogP contribution is 2.08. The number of alkyl halides is 1. The summed E-state index contributed by atoms with van der Waals surface area (Å²) in [5.74, 6) is 0.167. The van der Waals surface area contributed by atoms with Gasteiger partial charge in [0.1, 0.15) is 0 Å². The molecular weight excluding hydrogens is 292 g/mol. The molecule has 1 aromatic carbocycles. The number of carbonyl (C=O) groups is 1. The lowest BCUT2D eigenvalue weighted by Gasteiger charge is -2.17. The van der Waals surface area contributed by atoms with Crippen molar-refractivity contribution < 1.29 is 4.79 Å². The van der Waals surface area contributed by atoms with Crippen molar-refractivity contribution >= 4 is 21.8 Å². The molecule has 0 radical (unpaired) electrons. The molecule has 0 atom stereocenters. The first-order valence-corrected chi connectivity index (χ1v) is 7.08. The molecule has 0 heterocycles. The Morgan fingerprint density at radius 2 is 2.00 bits per heavy atom. The summed E-state index contributed by atoms with van der Waals surface area (Å²) in [7, 11) is 1.81. The van der Waals surface area contributed by atoms with Crippen molar-refractivity contribution in [1.29, 1.82) is 5.26 Å². The van der Waals surface area contributed by atoms with E-state index in [1.807, 2.05) is 19.2 Å². The maximum Gasteiger partial charge on any atom is 0.222 e. The van der Waals surface area contributed by atoms with E-state index in [0.29, 0.717) is 18.5 Å². The van der Waals surface area contributed by atoms with Crippen LogP contribution in [0.3, 0.4) is 0 Å². The van der Waals surface area contributed by atoms with E-state index < -0.39 is 0 Å². The number of carbonyl (C=O) groups excluding carboxylic acids is 1. The van der Waals surface area contributed by atoms with E-state index in [2.05, 4.69) is 22.0 Å². The van der Waals surface area contributed by atoms with Gasteiger partial charge in [-0.15, -0.1) is 0 Å². The van der Waals surface area contributed by atoms with Crippen LogP contribution in [0, 0.1) is 11.3 Å². The van der Waals surface area contributed by atoms with Crippen molar-refractivity contribution in [2.45, 2.75) is 25.8 Å². The molecule has 0 aliphatic carbocycles.